The molecule has 0 saturated heterocycles. The number of amides is 1. The molecule has 3 aromatic heterocycles. The standard InChI is InChI=1S/C17H14N6O2S/c1-10-12-15(26-13(10)14(24)21-17-18-8-20-22-17)19-9-23(16(12)25)7-11-5-3-2-4-6-11/h2-6,8-9H,7H2,1H3,(H2,18,20,21,22,24). The molecule has 4 aromatic rings. The Kier molecular flexibility index (Phi) is 4.05. The van der Waals surface area contributed by atoms with Crippen LogP contribution in [-0.2, 0) is 6.54 Å². The van der Waals surface area contributed by atoms with E-state index in [2.05, 4.69) is 25.5 Å². The van der Waals surface area contributed by atoms with E-state index >= 15 is 0 Å². The molecule has 2 N–H and O–H groups in total. The molecule has 0 aliphatic heterocycles. The van der Waals surface area contributed by atoms with E-state index in [9.17, 15) is 9.59 Å². The summed E-state index contributed by atoms with van der Waals surface area (Å²) >= 11 is 1.18. The lowest BCUT2D eigenvalue weighted by Crippen LogP contribution is -2.21. The van der Waals surface area contributed by atoms with Crippen LogP contribution in [0.4, 0.5) is 5.95 Å². The molecule has 0 unspecified atom stereocenters. The quantitative estimate of drug-likeness (QED) is 0.576. The summed E-state index contributed by atoms with van der Waals surface area (Å²) in [6.07, 6.45) is 2.82. The van der Waals surface area contributed by atoms with Crippen LogP contribution in [0.15, 0.2) is 47.8 Å². The highest BCUT2D eigenvalue weighted by atomic mass is 32.1. The summed E-state index contributed by atoms with van der Waals surface area (Å²) < 4.78 is 1.55. The van der Waals surface area contributed by atoms with Crippen molar-refractivity contribution < 1.29 is 4.79 Å². The van der Waals surface area contributed by atoms with E-state index < -0.39 is 0 Å². The summed E-state index contributed by atoms with van der Waals surface area (Å²) in [5.41, 5.74) is 1.46. The van der Waals surface area contributed by atoms with Crippen molar-refractivity contribution in [3.8, 4) is 0 Å². The van der Waals surface area contributed by atoms with Crippen LogP contribution in [0.5, 0.6) is 0 Å². The fourth-order valence-electron chi connectivity index (χ4n) is 2.70. The lowest BCUT2D eigenvalue weighted by molar-refractivity contribution is 0.102. The first-order chi connectivity index (χ1) is 12.6. The van der Waals surface area contributed by atoms with Gasteiger partial charge in [0.25, 0.3) is 11.5 Å². The molecular formula is C17H14N6O2S. The van der Waals surface area contributed by atoms with Crippen LogP contribution in [0.3, 0.4) is 0 Å². The Bertz CT molecular complexity index is 1130. The minimum absolute atomic E-state index is 0.161. The molecule has 0 saturated carbocycles. The van der Waals surface area contributed by atoms with Crippen molar-refractivity contribution in [2.24, 2.45) is 0 Å². The van der Waals surface area contributed by atoms with E-state index in [0.29, 0.717) is 27.2 Å². The van der Waals surface area contributed by atoms with Crippen LogP contribution in [0.2, 0.25) is 0 Å². The Morgan fingerprint density at radius 1 is 1.27 bits per heavy atom. The van der Waals surface area contributed by atoms with Crippen molar-refractivity contribution in [1.29, 1.82) is 0 Å². The number of thiophene rings is 1. The molecule has 3 heterocycles. The molecule has 1 amide bonds. The zero-order valence-electron chi connectivity index (χ0n) is 13.8. The van der Waals surface area contributed by atoms with E-state index in [1.54, 1.807) is 11.5 Å². The lowest BCUT2D eigenvalue weighted by atomic mass is 10.2. The molecule has 130 valence electrons. The molecule has 0 spiro atoms. The smallest absolute Gasteiger partial charge is 0.268 e. The molecule has 26 heavy (non-hydrogen) atoms. The Hall–Kier alpha value is -3.33. The number of hydrogen-bond donors (Lipinski definition) is 2. The number of aryl methyl sites for hydroxylation is 1. The average molecular weight is 366 g/mol. The summed E-state index contributed by atoms with van der Waals surface area (Å²) in [5.74, 6) is -0.0995. The third kappa shape index (κ3) is 2.88. The van der Waals surface area contributed by atoms with E-state index in [1.807, 2.05) is 30.3 Å². The van der Waals surface area contributed by atoms with E-state index in [4.69, 9.17) is 0 Å². The Morgan fingerprint density at radius 2 is 2.08 bits per heavy atom. The molecular weight excluding hydrogens is 352 g/mol. The van der Waals surface area contributed by atoms with Gasteiger partial charge in [-0.25, -0.2) is 10.1 Å². The number of nitrogens with zero attached hydrogens (tertiary/aromatic N) is 4. The molecule has 0 atom stereocenters. The number of hydrogen-bond acceptors (Lipinski definition) is 6. The largest absolute Gasteiger partial charge is 0.294 e. The number of aromatic nitrogens is 5. The van der Waals surface area contributed by atoms with Crippen molar-refractivity contribution in [2.75, 3.05) is 5.32 Å². The monoisotopic (exact) mass is 366 g/mol. The predicted molar refractivity (Wildman–Crippen MR) is 98.5 cm³/mol. The van der Waals surface area contributed by atoms with Gasteiger partial charge in [-0.05, 0) is 18.1 Å². The van der Waals surface area contributed by atoms with Gasteiger partial charge in [0.05, 0.1) is 23.1 Å². The normalized spacial score (nSPS) is 11.0. The summed E-state index contributed by atoms with van der Waals surface area (Å²) in [7, 11) is 0. The van der Waals surface area contributed by atoms with Gasteiger partial charge in [-0.2, -0.15) is 10.1 Å². The maximum atomic E-state index is 12.9. The Morgan fingerprint density at radius 3 is 2.81 bits per heavy atom. The molecule has 0 aliphatic rings. The summed E-state index contributed by atoms with van der Waals surface area (Å²) in [6, 6.07) is 9.68. The number of anilines is 1. The number of nitrogens with one attached hydrogen (secondary N) is 2. The first-order valence-corrected chi connectivity index (χ1v) is 8.64. The van der Waals surface area contributed by atoms with E-state index in [-0.39, 0.29) is 17.4 Å². The van der Waals surface area contributed by atoms with Gasteiger partial charge in [0.15, 0.2) is 0 Å². The number of benzene rings is 1. The van der Waals surface area contributed by atoms with Crippen LogP contribution in [0.25, 0.3) is 10.2 Å². The summed E-state index contributed by atoms with van der Waals surface area (Å²) in [6.45, 7) is 2.18. The summed E-state index contributed by atoms with van der Waals surface area (Å²) in [5, 5.41) is 9.34. The van der Waals surface area contributed by atoms with Gasteiger partial charge in [0, 0.05) is 0 Å². The molecule has 9 heteroatoms. The predicted octanol–water partition coefficient (Wildman–Crippen LogP) is 2.19. The minimum Gasteiger partial charge on any atom is -0.294 e. The number of rotatable bonds is 4. The Balaban J connectivity index is 1.72. The molecule has 0 fully saturated rings. The van der Waals surface area contributed by atoms with Crippen molar-refractivity contribution in [3.63, 3.8) is 0 Å². The van der Waals surface area contributed by atoms with Gasteiger partial charge in [0.1, 0.15) is 11.2 Å². The van der Waals surface area contributed by atoms with Crippen LogP contribution in [0.1, 0.15) is 20.8 Å². The van der Waals surface area contributed by atoms with Gasteiger partial charge in [0.2, 0.25) is 5.95 Å². The van der Waals surface area contributed by atoms with Crippen LogP contribution in [-0.4, -0.2) is 30.6 Å². The SMILES string of the molecule is Cc1c(C(=O)Nc2ncn[nH]2)sc2ncn(Cc3ccccc3)c(=O)c12. The second kappa shape index (κ2) is 6.52. The van der Waals surface area contributed by atoms with Gasteiger partial charge < -0.3 is 0 Å². The maximum absolute atomic E-state index is 12.9. The van der Waals surface area contributed by atoms with Crippen LogP contribution < -0.4 is 10.9 Å². The number of fused-ring (bicyclic) bond motifs is 1. The van der Waals surface area contributed by atoms with Crippen molar-refractivity contribution in [2.45, 2.75) is 13.5 Å². The zero-order chi connectivity index (χ0) is 18.1. The zero-order valence-corrected chi connectivity index (χ0v) is 14.6. The first-order valence-electron chi connectivity index (χ1n) is 7.82. The molecule has 4 rings (SSSR count). The molecule has 1 aromatic carbocycles. The van der Waals surface area contributed by atoms with Crippen LogP contribution >= 0.6 is 11.3 Å². The topological polar surface area (TPSA) is 106 Å². The van der Waals surface area contributed by atoms with Crippen molar-refractivity contribution in [1.82, 2.24) is 24.7 Å². The molecule has 0 bridgehead atoms. The fourth-order valence-corrected chi connectivity index (χ4v) is 3.73. The third-order valence-electron chi connectivity index (χ3n) is 3.97. The highest BCUT2D eigenvalue weighted by Gasteiger charge is 2.20. The highest BCUT2D eigenvalue weighted by Crippen LogP contribution is 2.27. The number of aromatic amines is 1. The van der Waals surface area contributed by atoms with Gasteiger partial charge >= 0.3 is 0 Å². The highest BCUT2D eigenvalue weighted by molar-refractivity contribution is 7.20. The molecule has 8 nitrogen and oxygen atoms in total. The van der Waals surface area contributed by atoms with Gasteiger partial charge in [-0.1, -0.05) is 30.3 Å². The second-order valence-corrected chi connectivity index (χ2v) is 6.69. The minimum atomic E-state index is -0.351. The molecule has 0 radical (unpaired) electrons. The lowest BCUT2D eigenvalue weighted by Gasteiger charge is -2.05. The number of H-pyrrole nitrogens is 1. The fraction of sp³-hybridized carbons (Fsp3) is 0.118. The van der Waals surface area contributed by atoms with Crippen molar-refractivity contribution >= 4 is 33.4 Å². The number of carbonyl (C=O) groups is 1. The Labute approximate surface area is 151 Å². The maximum Gasteiger partial charge on any atom is 0.268 e. The average Bonchev–Trinajstić information content (AvgIpc) is 3.26. The van der Waals surface area contributed by atoms with E-state index in [1.165, 1.54) is 24.0 Å². The molecule has 0 aliphatic carbocycles. The van der Waals surface area contributed by atoms with Crippen molar-refractivity contribution in [3.05, 3.63) is 69.3 Å². The second-order valence-electron chi connectivity index (χ2n) is 5.69. The number of carbonyl (C=O) groups excluding carboxylic acids is 1. The first kappa shape index (κ1) is 16.2. The van der Waals surface area contributed by atoms with Gasteiger partial charge in [-0.3, -0.25) is 19.5 Å². The summed E-state index contributed by atoms with van der Waals surface area (Å²) in [4.78, 5) is 34.5. The van der Waals surface area contributed by atoms with E-state index in [0.717, 1.165) is 5.56 Å². The third-order valence-corrected chi connectivity index (χ3v) is 5.16. The van der Waals surface area contributed by atoms with Gasteiger partial charge in [-0.15, -0.1) is 11.3 Å². The van der Waals surface area contributed by atoms with Crippen LogP contribution in [0, 0.1) is 6.92 Å².